The Kier molecular flexibility index (Phi) is 4.60. The zero-order valence-electron chi connectivity index (χ0n) is 10.4. The Labute approximate surface area is 107 Å². The summed E-state index contributed by atoms with van der Waals surface area (Å²) in [6.07, 6.45) is 6.58. The van der Waals surface area contributed by atoms with Gasteiger partial charge in [-0.05, 0) is 36.1 Å². The van der Waals surface area contributed by atoms with E-state index in [2.05, 4.69) is 12.2 Å². The molecule has 1 aromatic rings. The minimum atomic E-state index is 0.0869. The largest absolute Gasteiger partial charge is 0.351 e. The van der Waals surface area contributed by atoms with E-state index < -0.39 is 0 Å². The molecule has 0 radical (unpaired) electrons. The normalized spacial score (nSPS) is 24.5. The standard InChI is InChI=1S/C14H21NOS/c1-11-4-2-5-12(10-11)7-8-15-14(16)13-6-3-9-17-13/h3,6,9,11-12H,2,4-5,7-8,10H2,1H3,(H,15,16). The van der Waals surface area contributed by atoms with Crippen LogP contribution in [0.3, 0.4) is 0 Å². The first-order valence-electron chi connectivity index (χ1n) is 6.57. The molecule has 17 heavy (non-hydrogen) atoms. The summed E-state index contributed by atoms with van der Waals surface area (Å²) in [6.45, 7) is 3.17. The molecule has 94 valence electrons. The second-order valence-electron chi connectivity index (χ2n) is 5.16. The van der Waals surface area contributed by atoms with Gasteiger partial charge in [0.15, 0.2) is 0 Å². The number of hydrogen-bond acceptors (Lipinski definition) is 2. The summed E-state index contributed by atoms with van der Waals surface area (Å²) in [5, 5.41) is 4.96. The molecule has 2 rings (SSSR count). The van der Waals surface area contributed by atoms with E-state index in [1.807, 2.05) is 17.5 Å². The van der Waals surface area contributed by atoms with Crippen molar-refractivity contribution < 1.29 is 4.79 Å². The van der Waals surface area contributed by atoms with E-state index in [0.717, 1.165) is 29.7 Å². The van der Waals surface area contributed by atoms with Crippen molar-refractivity contribution in [3.8, 4) is 0 Å². The van der Waals surface area contributed by atoms with Gasteiger partial charge >= 0.3 is 0 Å². The van der Waals surface area contributed by atoms with Gasteiger partial charge in [-0.2, -0.15) is 0 Å². The maximum atomic E-state index is 11.7. The first-order valence-corrected chi connectivity index (χ1v) is 7.45. The quantitative estimate of drug-likeness (QED) is 0.868. The maximum absolute atomic E-state index is 11.7. The highest BCUT2D eigenvalue weighted by atomic mass is 32.1. The number of thiophene rings is 1. The van der Waals surface area contributed by atoms with Crippen LogP contribution in [-0.4, -0.2) is 12.5 Å². The summed E-state index contributed by atoms with van der Waals surface area (Å²) in [5.74, 6) is 1.79. The fraction of sp³-hybridized carbons (Fsp3) is 0.643. The predicted octanol–water partition coefficient (Wildman–Crippen LogP) is 3.69. The molecule has 2 atom stereocenters. The molecule has 0 aliphatic heterocycles. The SMILES string of the molecule is CC1CCCC(CCNC(=O)c2cccs2)C1. The Bertz CT molecular complexity index is 347. The molecule has 0 aromatic carbocycles. The Morgan fingerprint density at radius 2 is 2.41 bits per heavy atom. The van der Waals surface area contributed by atoms with Gasteiger partial charge in [0.1, 0.15) is 0 Å². The summed E-state index contributed by atoms with van der Waals surface area (Å²) < 4.78 is 0. The third kappa shape index (κ3) is 3.84. The lowest BCUT2D eigenvalue weighted by atomic mass is 9.81. The summed E-state index contributed by atoms with van der Waals surface area (Å²) >= 11 is 1.51. The van der Waals surface area contributed by atoms with E-state index >= 15 is 0 Å². The molecule has 0 spiro atoms. The average Bonchev–Trinajstić information content (AvgIpc) is 2.82. The van der Waals surface area contributed by atoms with E-state index in [1.165, 1.54) is 37.0 Å². The van der Waals surface area contributed by atoms with E-state index in [1.54, 1.807) is 0 Å². The molecular weight excluding hydrogens is 230 g/mol. The number of carbonyl (C=O) groups excluding carboxylic acids is 1. The Morgan fingerprint density at radius 3 is 3.12 bits per heavy atom. The first kappa shape index (κ1) is 12.6. The zero-order chi connectivity index (χ0) is 12.1. The Hall–Kier alpha value is -0.830. The molecular formula is C14H21NOS. The van der Waals surface area contributed by atoms with Gasteiger partial charge in [-0.15, -0.1) is 11.3 Å². The number of rotatable bonds is 4. The smallest absolute Gasteiger partial charge is 0.261 e. The second kappa shape index (κ2) is 6.20. The van der Waals surface area contributed by atoms with Crippen LogP contribution in [0.25, 0.3) is 0 Å². The van der Waals surface area contributed by atoms with E-state index in [9.17, 15) is 4.79 Å². The summed E-state index contributed by atoms with van der Waals surface area (Å²) in [7, 11) is 0. The molecule has 3 heteroatoms. The van der Waals surface area contributed by atoms with Gasteiger partial charge in [-0.3, -0.25) is 4.79 Å². The van der Waals surface area contributed by atoms with E-state index in [0.29, 0.717) is 0 Å². The van der Waals surface area contributed by atoms with Crippen LogP contribution in [0, 0.1) is 11.8 Å². The minimum Gasteiger partial charge on any atom is -0.351 e. The van der Waals surface area contributed by atoms with Gasteiger partial charge in [0.2, 0.25) is 0 Å². The molecule has 2 nitrogen and oxygen atoms in total. The van der Waals surface area contributed by atoms with Crippen LogP contribution in [0.1, 0.15) is 48.7 Å². The van der Waals surface area contributed by atoms with Crippen LogP contribution in [0.5, 0.6) is 0 Å². The summed E-state index contributed by atoms with van der Waals surface area (Å²) in [6, 6.07) is 3.80. The van der Waals surface area contributed by atoms with E-state index in [4.69, 9.17) is 0 Å². The predicted molar refractivity (Wildman–Crippen MR) is 72.4 cm³/mol. The molecule has 1 aromatic heterocycles. The van der Waals surface area contributed by atoms with Crippen LogP contribution >= 0.6 is 11.3 Å². The zero-order valence-corrected chi connectivity index (χ0v) is 11.3. The number of nitrogens with one attached hydrogen (secondary N) is 1. The number of carbonyl (C=O) groups is 1. The third-order valence-corrected chi connectivity index (χ3v) is 4.50. The number of hydrogen-bond donors (Lipinski definition) is 1. The molecule has 1 heterocycles. The molecule has 0 bridgehead atoms. The lowest BCUT2D eigenvalue weighted by Gasteiger charge is -2.26. The molecule has 1 aliphatic carbocycles. The average molecular weight is 251 g/mol. The van der Waals surface area contributed by atoms with Gasteiger partial charge in [-0.1, -0.05) is 32.3 Å². The van der Waals surface area contributed by atoms with Gasteiger partial charge in [-0.25, -0.2) is 0 Å². The van der Waals surface area contributed by atoms with E-state index in [-0.39, 0.29) is 5.91 Å². The highest BCUT2D eigenvalue weighted by Gasteiger charge is 2.18. The van der Waals surface area contributed by atoms with Crippen molar-refractivity contribution >= 4 is 17.2 Å². The van der Waals surface area contributed by atoms with Crippen molar-refractivity contribution in [2.45, 2.75) is 39.0 Å². The maximum Gasteiger partial charge on any atom is 0.261 e. The topological polar surface area (TPSA) is 29.1 Å². The molecule has 0 saturated heterocycles. The Balaban J connectivity index is 1.67. The van der Waals surface area contributed by atoms with Crippen molar-refractivity contribution in [2.24, 2.45) is 11.8 Å². The van der Waals surface area contributed by atoms with Crippen LogP contribution in [-0.2, 0) is 0 Å². The van der Waals surface area contributed by atoms with Crippen molar-refractivity contribution in [2.75, 3.05) is 6.54 Å². The minimum absolute atomic E-state index is 0.0869. The van der Waals surface area contributed by atoms with Crippen molar-refractivity contribution in [3.05, 3.63) is 22.4 Å². The van der Waals surface area contributed by atoms with Gasteiger partial charge in [0.25, 0.3) is 5.91 Å². The Morgan fingerprint density at radius 1 is 1.53 bits per heavy atom. The molecule has 2 unspecified atom stereocenters. The van der Waals surface area contributed by atoms with Crippen molar-refractivity contribution in [1.82, 2.24) is 5.32 Å². The number of amides is 1. The summed E-state index contributed by atoms with van der Waals surface area (Å²) in [5.41, 5.74) is 0. The van der Waals surface area contributed by atoms with Gasteiger partial charge < -0.3 is 5.32 Å². The fourth-order valence-electron chi connectivity index (χ4n) is 2.71. The lowest BCUT2D eigenvalue weighted by Crippen LogP contribution is -2.26. The highest BCUT2D eigenvalue weighted by molar-refractivity contribution is 7.12. The van der Waals surface area contributed by atoms with Crippen molar-refractivity contribution in [1.29, 1.82) is 0 Å². The fourth-order valence-corrected chi connectivity index (χ4v) is 3.35. The molecule has 1 amide bonds. The first-order chi connectivity index (χ1) is 8.25. The summed E-state index contributed by atoms with van der Waals surface area (Å²) in [4.78, 5) is 12.5. The van der Waals surface area contributed by atoms with Crippen LogP contribution in [0.4, 0.5) is 0 Å². The van der Waals surface area contributed by atoms with Gasteiger partial charge in [0, 0.05) is 6.54 Å². The lowest BCUT2D eigenvalue weighted by molar-refractivity contribution is 0.0953. The second-order valence-corrected chi connectivity index (χ2v) is 6.11. The van der Waals surface area contributed by atoms with Crippen LogP contribution < -0.4 is 5.32 Å². The monoisotopic (exact) mass is 251 g/mol. The van der Waals surface area contributed by atoms with Gasteiger partial charge in [0.05, 0.1) is 4.88 Å². The molecule has 1 aliphatic rings. The third-order valence-electron chi connectivity index (χ3n) is 3.63. The molecule has 1 N–H and O–H groups in total. The van der Waals surface area contributed by atoms with Crippen LogP contribution in [0.15, 0.2) is 17.5 Å². The van der Waals surface area contributed by atoms with Crippen molar-refractivity contribution in [3.63, 3.8) is 0 Å². The molecule has 1 saturated carbocycles. The molecule has 1 fully saturated rings. The highest BCUT2D eigenvalue weighted by Crippen LogP contribution is 2.30. The van der Waals surface area contributed by atoms with Crippen LogP contribution in [0.2, 0.25) is 0 Å².